The molecular formula is C27H32F6N2O2. The molecule has 0 radical (unpaired) electrons. The number of halogens is 6. The van der Waals surface area contributed by atoms with Crippen LogP contribution in [0.25, 0.3) is 0 Å². The molecule has 4 nitrogen and oxygen atoms in total. The molecule has 204 valence electrons. The highest BCUT2D eigenvalue weighted by Crippen LogP contribution is 2.47. The summed E-state index contributed by atoms with van der Waals surface area (Å²) in [6.45, 7) is 2.39. The van der Waals surface area contributed by atoms with Gasteiger partial charge in [0.05, 0.1) is 29.4 Å². The molecule has 10 heteroatoms. The molecule has 0 aromatic heterocycles. The molecule has 5 atom stereocenters. The predicted octanol–water partition coefficient (Wildman–Crippen LogP) is 6.25. The smallest absolute Gasteiger partial charge is 0.371 e. The van der Waals surface area contributed by atoms with Crippen LogP contribution in [0.3, 0.4) is 0 Å². The molecule has 0 saturated carbocycles. The van der Waals surface area contributed by atoms with Gasteiger partial charge >= 0.3 is 12.4 Å². The van der Waals surface area contributed by atoms with Crippen LogP contribution in [0.1, 0.15) is 54.9 Å². The summed E-state index contributed by atoms with van der Waals surface area (Å²) in [4.78, 5) is 0. The molecule has 0 spiro atoms. The van der Waals surface area contributed by atoms with E-state index in [4.69, 9.17) is 9.47 Å². The van der Waals surface area contributed by atoms with Crippen LogP contribution in [0.5, 0.6) is 0 Å². The third-order valence-corrected chi connectivity index (χ3v) is 7.54. The van der Waals surface area contributed by atoms with Gasteiger partial charge in [-0.15, -0.1) is 0 Å². The Labute approximate surface area is 212 Å². The van der Waals surface area contributed by atoms with Crippen LogP contribution in [0.2, 0.25) is 0 Å². The highest BCUT2D eigenvalue weighted by atomic mass is 19.4. The van der Waals surface area contributed by atoms with E-state index in [0.29, 0.717) is 13.0 Å². The first-order valence-corrected chi connectivity index (χ1v) is 12.5. The second-order valence-electron chi connectivity index (χ2n) is 9.88. The number of fused-ring (bicyclic) bond motifs is 2. The molecule has 2 aromatic rings. The zero-order valence-corrected chi connectivity index (χ0v) is 20.8. The Hall–Kier alpha value is -2.14. The molecule has 37 heavy (non-hydrogen) atoms. The number of hydrogen-bond acceptors (Lipinski definition) is 4. The average molecular weight is 531 g/mol. The molecule has 2 N–H and O–H groups in total. The lowest BCUT2D eigenvalue weighted by atomic mass is 9.80. The second kappa shape index (κ2) is 10.9. The standard InChI is InChI=1S/C27H32F6N2O2/c1-3-24(36-2)34-15-18-14-25(19-7-5-4-6-8-19)23(10-9-22(18)35-25)37-16-17-11-20(26(28,29)30)13-21(12-17)27(31,32)33/h4-8,11-13,18,22-24,34-35H,3,9-10,14-16H2,1-2H3/t18-,22+,23-,24?,25-/m1/s1. The van der Waals surface area contributed by atoms with Crippen molar-refractivity contribution < 1.29 is 35.8 Å². The van der Waals surface area contributed by atoms with Gasteiger partial charge in [0.15, 0.2) is 0 Å². The maximum atomic E-state index is 13.3. The highest BCUT2D eigenvalue weighted by molar-refractivity contribution is 5.34. The van der Waals surface area contributed by atoms with Crippen LogP contribution < -0.4 is 10.6 Å². The van der Waals surface area contributed by atoms with E-state index in [2.05, 4.69) is 10.6 Å². The summed E-state index contributed by atoms with van der Waals surface area (Å²) >= 11 is 0. The van der Waals surface area contributed by atoms with Gasteiger partial charge in [-0.3, -0.25) is 5.32 Å². The summed E-state index contributed by atoms with van der Waals surface area (Å²) in [6, 6.07) is 11.5. The quantitative estimate of drug-likeness (QED) is 0.297. The summed E-state index contributed by atoms with van der Waals surface area (Å²) in [6.07, 6.45) is -7.34. The van der Waals surface area contributed by atoms with Gasteiger partial charge in [-0.2, -0.15) is 26.3 Å². The van der Waals surface area contributed by atoms with Crippen molar-refractivity contribution >= 4 is 0 Å². The van der Waals surface area contributed by atoms with E-state index in [1.54, 1.807) is 7.11 Å². The molecule has 2 aliphatic heterocycles. The lowest BCUT2D eigenvalue weighted by molar-refractivity contribution is -0.143. The predicted molar refractivity (Wildman–Crippen MR) is 126 cm³/mol. The number of nitrogens with one attached hydrogen (secondary N) is 2. The lowest BCUT2D eigenvalue weighted by Gasteiger charge is -2.42. The second-order valence-corrected chi connectivity index (χ2v) is 9.88. The molecule has 0 aliphatic carbocycles. The van der Waals surface area contributed by atoms with Gasteiger partial charge in [0.2, 0.25) is 0 Å². The molecule has 2 fully saturated rings. The first-order chi connectivity index (χ1) is 17.5. The lowest BCUT2D eigenvalue weighted by Crippen LogP contribution is -2.54. The van der Waals surface area contributed by atoms with E-state index < -0.39 is 35.1 Å². The number of piperidine rings is 1. The van der Waals surface area contributed by atoms with Crippen molar-refractivity contribution in [1.82, 2.24) is 10.6 Å². The fourth-order valence-electron chi connectivity index (χ4n) is 5.71. The summed E-state index contributed by atoms with van der Waals surface area (Å²) < 4.78 is 91.6. The number of ether oxygens (including phenoxy) is 2. The summed E-state index contributed by atoms with van der Waals surface area (Å²) in [5.74, 6) is 0.253. The number of alkyl halides is 6. The third kappa shape index (κ3) is 6.13. The van der Waals surface area contributed by atoms with E-state index in [1.165, 1.54) is 0 Å². The normalized spacial score (nSPS) is 26.9. The van der Waals surface area contributed by atoms with Gasteiger partial charge in [-0.1, -0.05) is 37.3 Å². The van der Waals surface area contributed by atoms with Crippen LogP contribution >= 0.6 is 0 Å². The van der Waals surface area contributed by atoms with Crippen molar-refractivity contribution in [2.45, 2.75) is 75.5 Å². The summed E-state index contributed by atoms with van der Waals surface area (Å²) in [7, 11) is 1.65. The van der Waals surface area contributed by atoms with Crippen molar-refractivity contribution in [3.63, 3.8) is 0 Å². The largest absolute Gasteiger partial charge is 0.416 e. The van der Waals surface area contributed by atoms with Gasteiger partial charge in [-0.05, 0) is 60.9 Å². The zero-order chi connectivity index (χ0) is 26.8. The van der Waals surface area contributed by atoms with Crippen LogP contribution in [0, 0.1) is 5.92 Å². The topological polar surface area (TPSA) is 42.5 Å². The van der Waals surface area contributed by atoms with E-state index in [9.17, 15) is 26.3 Å². The Bertz CT molecular complexity index is 1010. The average Bonchev–Trinajstić information content (AvgIpc) is 3.16. The minimum atomic E-state index is -4.90. The van der Waals surface area contributed by atoms with Crippen LogP contribution in [-0.2, 0) is 34.0 Å². The Morgan fingerprint density at radius 3 is 2.22 bits per heavy atom. The van der Waals surface area contributed by atoms with Gasteiger partial charge in [0.1, 0.15) is 6.23 Å². The van der Waals surface area contributed by atoms with Gasteiger partial charge in [0, 0.05) is 19.7 Å². The maximum Gasteiger partial charge on any atom is 0.416 e. The number of methoxy groups -OCH3 is 1. The molecule has 0 amide bonds. The van der Waals surface area contributed by atoms with Crippen LogP contribution in [-0.4, -0.2) is 32.0 Å². The number of hydrogen-bond donors (Lipinski definition) is 2. The van der Waals surface area contributed by atoms with Gasteiger partial charge < -0.3 is 14.8 Å². The van der Waals surface area contributed by atoms with Crippen molar-refractivity contribution in [3.05, 3.63) is 70.8 Å². The van der Waals surface area contributed by atoms with Crippen molar-refractivity contribution in [1.29, 1.82) is 0 Å². The third-order valence-electron chi connectivity index (χ3n) is 7.54. The fraction of sp³-hybridized carbons (Fsp3) is 0.556. The molecule has 2 heterocycles. The Morgan fingerprint density at radius 2 is 1.65 bits per heavy atom. The SMILES string of the molecule is CCC(NC[C@H]1C[C@]2(c3ccccc3)N[C@H]1CC[C@H]2OCc1cc(C(F)(F)F)cc(C(F)(F)F)c1)OC. The van der Waals surface area contributed by atoms with E-state index in [1.807, 2.05) is 37.3 Å². The van der Waals surface area contributed by atoms with Crippen molar-refractivity contribution in [2.75, 3.05) is 13.7 Å². The monoisotopic (exact) mass is 530 g/mol. The van der Waals surface area contributed by atoms with Crippen molar-refractivity contribution in [2.24, 2.45) is 5.92 Å². The molecule has 2 aromatic carbocycles. The molecule has 4 rings (SSSR count). The van der Waals surface area contributed by atoms with Crippen LogP contribution in [0.4, 0.5) is 26.3 Å². The Kier molecular flexibility index (Phi) is 8.23. The molecule has 1 unspecified atom stereocenters. The first-order valence-electron chi connectivity index (χ1n) is 12.5. The fourth-order valence-corrected chi connectivity index (χ4v) is 5.71. The molecule has 2 saturated heterocycles. The number of benzene rings is 2. The minimum absolute atomic E-state index is 0.0658. The summed E-state index contributed by atoms with van der Waals surface area (Å²) in [5.41, 5.74) is -2.44. The van der Waals surface area contributed by atoms with Gasteiger partial charge in [0.25, 0.3) is 0 Å². The Balaban J connectivity index is 1.58. The number of rotatable bonds is 9. The van der Waals surface area contributed by atoms with E-state index in [0.717, 1.165) is 37.0 Å². The molecular weight excluding hydrogens is 498 g/mol. The molecule has 2 bridgehead atoms. The molecule has 2 aliphatic rings. The Morgan fingerprint density at radius 1 is 1.00 bits per heavy atom. The first kappa shape index (κ1) is 27.9. The highest BCUT2D eigenvalue weighted by Gasteiger charge is 2.54. The van der Waals surface area contributed by atoms with Gasteiger partial charge in [-0.25, -0.2) is 0 Å². The van der Waals surface area contributed by atoms with Crippen molar-refractivity contribution in [3.8, 4) is 0 Å². The maximum absolute atomic E-state index is 13.3. The van der Waals surface area contributed by atoms with E-state index >= 15 is 0 Å². The van der Waals surface area contributed by atoms with Crippen LogP contribution in [0.15, 0.2) is 48.5 Å². The van der Waals surface area contributed by atoms with E-state index in [-0.39, 0.29) is 36.4 Å². The minimum Gasteiger partial charge on any atom is -0.371 e. The summed E-state index contributed by atoms with van der Waals surface area (Å²) in [5, 5.41) is 7.16. The zero-order valence-electron chi connectivity index (χ0n) is 20.8.